The van der Waals surface area contributed by atoms with Gasteiger partial charge in [0.15, 0.2) is 6.39 Å². The van der Waals surface area contributed by atoms with E-state index in [1.807, 2.05) is 12.1 Å². The van der Waals surface area contributed by atoms with E-state index in [0.717, 1.165) is 17.0 Å². The minimum Gasteiger partial charge on any atom is -0.496 e. The lowest BCUT2D eigenvalue weighted by atomic mass is 9.98. The fourth-order valence-corrected chi connectivity index (χ4v) is 1.78. The molecule has 16 heavy (non-hydrogen) atoms. The SMILES string of the molecule is COc1c(-c2cocn2)cccc1C(C)C. The van der Waals surface area contributed by atoms with Crippen molar-refractivity contribution < 1.29 is 9.15 Å². The second kappa shape index (κ2) is 4.39. The Morgan fingerprint density at radius 3 is 2.69 bits per heavy atom. The van der Waals surface area contributed by atoms with Crippen LogP contribution < -0.4 is 4.74 Å². The second-order valence-corrected chi connectivity index (χ2v) is 3.96. The summed E-state index contributed by atoms with van der Waals surface area (Å²) in [6.07, 6.45) is 3.05. The first-order valence-corrected chi connectivity index (χ1v) is 5.29. The molecule has 3 heteroatoms. The molecule has 3 nitrogen and oxygen atoms in total. The van der Waals surface area contributed by atoms with Crippen molar-refractivity contribution in [3.05, 3.63) is 36.4 Å². The summed E-state index contributed by atoms with van der Waals surface area (Å²) in [5.41, 5.74) is 2.96. The van der Waals surface area contributed by atoms with Crippen LogP contribution in [0.4, 0.5) is 0 Å². The number of oxazole rings is 1. The molecular formula is C13H15NO2. The van der Waals surface area contributed by atoms with Crippen LogP contribution in [0.3, 0.4) is 0 Å². The summed E-state index contributed by atoms with van der Waals surface area (Å²) in [5.74, 6) is 1.30. The largest absolute Gasteiger partial charge is 0.496 e. The Balaban J connectivity index is 2.58. The number of hydrogen-bond acceptors (Lipinski definition) is 3. The standard InChI is InChI=1S/C13H15NO2/c1-9(2)10-5-4-6-11(13(10)15-3)12-7-16-8-14-12/h4-9H,1-3H3. The Labute approximate surface area is 95.1 Å². The molecule has 0 aliphatic carbocycles. The third-order valence-electron chi connectivity index (χ3n) is 2.58. The van der Waals surface area contributed by atoms with Crippen LogP contribution in [-0.4, -0.2) is 12.1 Å². The zero-order valence-electron chi connectivity index (χ0n) is 9.73. The number of aromatic nitrogens is 1. The van der Waals surface area contributed by atoms with Gasteiger partial charge in [-0.3, -0.25) is 0 Å². The lowest BCUT2D eigenvalue weighted by molar-refractivity contribution is 0.409. The number of hydrogen-bond donors (Lipinski definition) is 0. The molecule has 0 spiro atoms. The molecule has 0 saturated heterocycles. The number of benzene rings is 1. The Morgan fingerprint density at radius 1 is 1.31 bits per heavy atom. The van der Waals surface area contributed by atoms with Gasteiger partial charge in [-0.2, -0.15) is 0 Å². The van der Waals surface area contributed by atoms with Gasteiger partial charge in [0.25, 0.3) is 0 Å². The van der Waals surface area contributed by atoms with Gasteiger partial charge in [0.1, 0.15) is 17.7 Å². The highest BCUT2D eigenvalue weighted by atomic mass is 16.5. The van der Waals surface area contributed by atoms with Crippen LogP contribution in [0, 0.1) is 0 Å². The van der Waals surface area contributed by atoms with Crippen molar-refractivity contribution >= 4 is 0 Å². The van der Waals surface area contributed by atoms with Gasteiger partial charge in [0.2, 0.25) is 0 Å². The highest BCUT2D eigenvalue weighted by molar-refractivity contribution is 5.68. The Hall–Kier alpha value is -1.77. The van der Waals surface area contributed by atoms with Gasteiger partial charge < -0.3 is 9.15 Å². The molecule has 0 atom stereocenters. The predicted molar refractivity (Wildman–Crippen MR) is 62.6 cm³/mol. The monoisotopic (exact) mass is 217 g/mol. The third-order valence-corrected chi connectivity index (χ3v) is 2.58. The highest BCUT2D eigenvalue weighted by Crippen LogP contribution is 2.35. The van der Waals surface area contributed by atoms with Crippen LogP contribution in [0.25, 0.3) is 11.3 Å². The van der Waals surface area contributed by atoms with E-state index in [4.69, 9.17) is 9.15 Å². The summed E-state index contributed by atoms with van der Waals surface area (Å²) < 4.78 is 10.5. The Morgan fingerprint density at radius 2 is 2.12 bits per heavy atom. The van der Waals surface area contributed by atoms with E-state index in [1.54, 1.807) is 13.4 Å². The summed E-state index contributed by atoms with van der Waals surface area (Å²) in [6.45, 7) is 4.29. The maximum atomic E-state index is 5.48. The van der Waals surface area contributed by atoms with Gasteiger partial charge in [0.05, 0.1) is 7.11 Å². The molecule has 0 bridgehead atoms. The molecule has 0 fully saturated rings. The zero-order chi connectivity index (χ0) is 11.5. The van der Waals surface area contributed by atoms with Gasteiger partial charge in [0, 0.05) is 5.56 Å². The van der Waals surface area contributed by atoms with Crippen LogP contribution in [0.1, 0.15) is 25.3 Å². The van der Waals surface area contributed by atoms with Crippen molar-refractivity contribution in [2.45, 2.75) is 19.8 Å². The molecule has 2 aromatic rings. The summed E-state index contributed by atoms with van der Waals surface area (Å²) in [6, 6.07) is 6.08. The molecule has 0 N–H and O–H groups in total. The van der Waals surface area contributed by atoms with E-state index in [-0.39, 0.29) is 0 Å². The normalized spacial score (nSPS) is 10.8. The zero-order valence-corrected chi connectivity index (χ0v) is 9.73. The highest BCUT2D eigenvalue weighted by Gasteiger charge is 2.14. The third kappa shape index (κ3) is 1.81. The number of rotatable bonds is 3. The minimum absolute atomic E-state index is 0.418. The Bertz CT molecular complexity index is 461. The topological polar surface area (TPSA) is 35.3 Å². The second-order valence-electron chi connectivity index (χ2n) is 3.96. The number of nitrogens with zero attached hydrogens (tertiary/aromatic N) is 1. The molecule has 0 amide bonds. The van der Waals surface area contributed by atoms with Gasteiger partial charge in [-0.1, -0.05) is 26.0 Å². The molecule has 84 valence electrons. The molecule has 1 heterocycles. The van der Waals surface area contributed by atoms with E-state index in [1.165, 1.54) is 12.0 Å². The molecule has 1 aromatic carbocycles. The number of methoxy groups -OCH3 is 1. The van der Waals surface area contributed by atoms with Crippen molar-refractivity contribution in [3.8, 4) is 17.0 Å². The van der Waals surface area contributed by atoms with Crippen molar-refractivity contribution in [2.24, 2.45) is 0 Å². The van der Waals surface area contributed by atoms with Crippen LogP contribution in [0.15, 0.2) is 35.3 Å². The van der Waals surface area contributed by atoms with E-state index in [0.29, 0.717) is 5.92 Å². The van der Waals surface area contributed by atoms with Gasteiger partial charge in [-0.05, 0) is 17.5 Å². The lowest BCUT2D eigenvalue weighted by Gasteiger charge is -2.14. The van der Waals surface area contributed by atoms with E-state index in [9.17, 15) is 0 Å². The molecule has 0 aliphatic rings. The van der Waals surface area contributed by atoms with Crippen molar-refractivity contribution in [1.29, 1.82) is 0 Å². The Kier molecular flexibility index (Phi) is 2.95. The molecule has 0 radical (unpaired) electrons. The first kappa shape index (κ1) is 10.7. The van der Waals surface area contributed by atoms with Crippen LogP contribution in [0.2, 0.25) is 0 Å². The van der Waals surface area contributed by atoms with Crippen LogP contribution in [-0.2, 0) is 0 Å². The van der Waals surface area contributed by atoms with Crippen LogP contribution in [0.5, 0.6) is 5.75 Å². The first-order chi connectivity index (χ1) is 7.74. The molecule has 1 aromatic heterocycles. The lowest BCUT2D eigenvalue weighted by Crippen LogP contribution is -1.96. The van der Waals surface area contributed by atoms with E-state index < -0.39 is 0 Å². The maximum Gasteiger partial charge on any atom is 0.181 e. The van der Waals surface area contributed by atoms with Gasteiger partial charge in [-0.25, -0.2) is 4.98 Å². The van der Waals surface area contributed by atoms with Gasteiger partial charge >= 0.3 is 0 Å². The first-order valence-electron chi connectivity index (χ1n) is 5.29. The van der Waals surface area contributed by atoms with E-state index >= 15 is 0 Å². The molecule has 2 rings (SSSR count). The molecule has 0 saturated carbocycles. The fourth-order valence-electron chi connectivity index (χ4n) is 1.78. The summed E-state index contributed by atoms with van der Waals surface area (Å²) >= 11 is 0. The quantitative estimate of drug-likeness (QED) is 0.789. The average Bonchev–Trinajstić information content (AvgIpc) is 2.81. The summed E-state index contributed by atoms with van der Waals surface area (Å²) in [4.78, 5) is 4.15. The maximum absolute atomic E-state index is 5.48. The minimum atomic E-state index is 0.418. The number of ether oxygens (including phenoxy) is 1. The van der Waals surface area contributed by atoms with Gasteiger partial charge in [-0.15, -0.1) is 0 Å². The smallest absolute Gasteiger partial charge is 0.181 e. The van der Waals surface area contributed by atoms with Crippen molar-refractivity contribution in [1.82, 2.24) is 4.98 Å². The number of para-hydroxylation sites is 1. The summed E-state index contributed by atoms with van der Waals surface area (Å²) in [5, 5.41) is 0. The van der Waals surface area contributed by atoms with Crippen molar-refractivity contribution in [3.63, 3.8) is 0 Å². The van der Waals surface area contributed by atoms with Crippen LogP contribution >= 0.6 is 0 Å². The van der Waals surface area contributed by atoms with Crippen molar-refractivity contribution in [2.75, 3.05) is 7.11 Å². The summed E-state index contributed by atoms with van der Waals surface area (Å²) in [7, 11) is 1.69. The predicted octanol–water partition coefficient (Wildman–Crippen LogP) is 3.47. The molecule has 0 aliphatic heterocycles. The molecular weight excluding hydrogens is 202 g/mol. The van der Waals surface area contributed by atoms with E-state index in [2.05, 4.69) is 24.9 Å². The fraction of sp³-hybridized carbons (Fsp3) is 0.308. The average molecular weight is 217 g/mol. The molecule has 0 unspecified atom stereocenters.